The Bertz CT molecular complexity index is 154. The minimum atomic E-state index is 0.663. The minimum absolute atomic E-state index is 0.663. The summed E-state index contributed by atoms with van der Waals surface area (Å²) in [5.41, 5.74) is 0. The Balaban J connectivity index is 2.05. The Morgan fingerprint density at radius 3 is 2.13 bits per heavy atom. The molecule has 15 heavy (non-hydrogen) atoms. The van der Waals surface area contributed by atoms with Crippen molar-refractivity contribution in [2.45, 2.75) is 59.0 Å². The minimum Gasteiger partial charge on any atom is -0.315 e. The van der Waals surface area contributed by atoms with Crippen LogP contribution in [0.15, 0.2) is 0 Å². The Labute approximate surface area is 95.4 Å². The van der Waals surface area contributed by atoms with Gasteiger partial charge < -0.3 is 5.32 Å². The molecule has 1 saturated carbocycles. The van der Waals surface area contributed by atoms with Gasteiger partial charge in [0.05, 0.1) is 0 Å². The van der Waals surface area contributed by atoms with Crippen LogP contribution in [0.5, 0.6) is 0 Å². The molecule has 2 nitrogen and oxygen atoms in total. The lowest BCUT2D eigenvalue weighted by Gasteiger charge is -2.31. The lowest BCUT2D eigenvalue weighted by Crippen LogP contribution is -2.42. The fourth-order valence-corrected chi connectivity index (χ4v) is 2.32. The van der Waals surface area contributed by atoms with Crippen LogP contribution in [0.4, 0.5) is 0 Å². The van der Waals surface area contributed by atoms with Crippen molar-refractivity contribution >= 4 is 0 Å². The fourth-order valence-electron chi connectivity index (χ4n) is 2.32. The molecular formula is C13H28N2. The molecule has 1 aliphatic carbocycles. The van der Waals surface area contributed by atoms with Crippen LogP contribution in [0.2, 0.25) is 0 Å². The Kier molecular flexibility index (Phi) is 5.62. The van der Waals surface area contributed by atoms with E-state index in [1.807, 2.05) is 0 Å². The molecule has 0 aromatic rings. The molecule has 0 aliphatic heterocycles. The summed E-state index contributed by atoms with van der Waals surface area (Å²) in [6, 6.07) is 1.33. The molecule has 1 N–H and O–H groups in total. The maximum absolute atomic E-state index is 3.59. The third-order valence-corrected chi connectivity index (χ3v) is 3.53. The molecular weight excluding hydrogens is 184 g/mol. The first-order valence-corrected chi connectivity index (χ1v) is 6.57. The van der Waals surface area contributed by atoms with Crippen LogP contribution in [-0.4, -0.2) is 36.6 Å². The first kappa shape index (κ1) is 13.0. The predicted molar refractivity (Wildman–Crippen MR) is 67.2 cm³/mol. The average molecular weight is 212 g/mol. The summed E-state index contributed by atoms with van der Waals surface area (Å²) in [5, 5.41) is 3.59. The molecule has 1 rings (SSSR count). The number of nitrogens with one attached hydrogen (secondary N) is 1. The van der Waals surface area contributed by atoms with Crippen LogP contribution >= 0.6 is 0 Å². The van der Waals surface area contributed by atoms with Crippen molar-refractivity contribution in [1.29, 1.82) is 0 Å². The monoisotopic (exact) mass is 212 g/mol. The maximum atomic E-state index is 3.59. The molecule has 0 bridgehead atoms. The second-order valence-corrected chi connectivity index (χ2v) is 5.43. The van der Waals surface area contributed by atoms with Crippen molar-refractivity contribution in [3.05, 3.63) is 0 Å². The number of rotatable bonds is 7. The van der Waals surface area contributed by atoms with Crippen LogP contribution in [0.3, 0.4) is 0 Å². The van der Waals surface area contributed by atoms with Crippen LogP contribution in [-0.2, 0) is 0 Å². The normalized spacial score (nSPS) is 17.8. The summed E-state index contributed by atoms with van der Waals surface area (Å²) < 4.78 is 0. The standard InChI is InChI=1S/C13H28N2/c1-11(2)15(12(3)4)9-8-14-10-13-6-5-7-13/h11-14H,5-10H2,1-4H3. The highest BCUT2D eigenvalue weighted by atomic mass is 15.2. The van der Waals surface area contributed by atoms with Gasteiger partial charge >= 0.3 is 0 Å². The van der Waals surface area contributed by atoms with E-state index in [9.17, 15) is 0 Å². The van der Waals surface area contributed by atoms with Gasteiger partial charge in [0, 0.05) is 25.2 Å². The van der Waals surface area contributed by atoms with E-state index in [2.05, 4.69) is 37.9 Å². The van der Waals surface area contributed by atoms with E-state index in [1.54, 1.807) is 0 Å². The second-order valence-electron chi connectivity index (χ2n) is 5.43. The van der Waals surface area contributed by atoms with E-state index in [1.165, 1.54) is 32.4 Å². The Hall–Kier alpha value is -0.0800. The van der Waals surface area contributed by atoms with E-state index >= 15 is 0 Å². The number of nitrogens with zero attached hydrogens (tertiary/aromatic N) is 1. The van der Waals surface area contributed by atoms with Gasteiger partial charge in [0.2, 0.25) is 0 Å². The van der Waals surface area contributed by atoms with Crippen LogP contribution in [0.25, 0.3) is 0 Å². The second kappa shape index (κ2) is 6.49. The van der Waals surface area contributed by atoms with Crippen molar-refractivity contribution in [3.63, 3.8) is 0 Å². The highest BCUT2D eigenvalue weighted by Crippen LogP contribution is 2.24. The summed E-state index contributed by atoms with van der Waals surface area (Å²) in [7, 11) is 0. The summed E-state index contributed by atoms with van der Waals surface area (Å²) in [6.07, 6.45) is 4.35. The van der Waals surface area contributed by atoms with Gasteiger partial charge in [-0.3, -0.25) is 4.90 Å². The molecule has 0 heterocycles. The van der Waals surface area contributed by atoms with Crippen molar-refractivity contribution in [2.75, 3.05) is 19.6 Å². The van der Waals surface area contributed by atoms with Gasteiger partial charge in [0.25, 0.3) is 0 Å². The molecule has 0 radical (unpaired) electrons. The molecule has 0 aromatic carbocycles. The molecule has 0 atom stereocenters. The van der Waals surface area contributed by atoms with E-state index in [-0.39, 0.29) is 0 Å². The summed E-state index contributed by atoms with van der Waals surface area (Å²) in [4.78, 5) is 2.55. The zero-order chi connectivity index (χ0) is 11.3. The Morgan fingerprint density at radius 1 is 1.13 bits per heavy atom. The maximum Gasteiger partial charge on any atom is 0.0112 e. The fraction of sp³-hybridized carbons (Fsp3) is 1.00. The first-order chi connectivity index (χ1) is 7.11. The van der Waals surface area contributed by atoms with Crippen molar-refractivity contribution in [1.82, 2.24) is 10.2 Å². The van der Waals surface area contributed by atoms with Crippen LogP contribution in [0.1, 0.15) is 47.0 Å². The molecule has 0 aromatic heterocycles. The first-order valence-electron chi connectivity index (χ1n) is 6.57. The molecule has 1 fully saturated rings. The third kappa shape index (κ3) is 4.52. The highest BCUT2D eigenvalue weighted by molar-refractivity contribution is 4.73. The van der Waals surface area contributed by atoms with Crippen molar-refractivity contribution in [3.8, 4) is 0 Å². The van der Waals surface area contributed by atoms with E-state index in [4.69, 9.17) is 0 Å². The lowest BCUT2D eigenvalue weighted by molar-refractivity contribution is 0.173. The molecule has 0 unspecified atom stereocenters. The summed E-state index contributed by atoms with van der Waals surface area (Å²) in [6.45, 7) is 12.7. The van der Waals surface area contributed by atoms with Gasteiger partial charge in [0.15, 0.2) is 0 Å². The lowest BCUT2D eigenvalue weighted by atomic mass is 9.85. The van der Waals surface area contributed by atoms with Gasteiger partial charge in [0.1, 0.15) is 0 Å². The molecule has 1 aliphatic rings. The SMILES string of the molecule is CC(C)N(CCNCC1CCC1)C(C)C. The van der Waals surface area contributed by atoms with Gasteiger partial charge in [-0.05, 0) is 53.0 Å². The molecule has 90 valence electrons. The number of hydrogen-bond acceptors (Lipinski definition) is 2. The quantitative estimate of drug-likeness (QED) is 0.652. The topological polar surface area (TPSA) is 15.3 Å². The van der Waals surface area contributed by atoms with Gasteiger partial charge in [-0.1, -0.05) is 6.42 Å². The molecule has 0 spiro atoms. The summed E-state index contributed by atoms with van der Waals surface area (Å²) in [5.74, 6) is 0.983. The molecule has 0 saturated heterocycles. The van der Waals surface area contributed by atoms with Gasteiger partial charge in [-0.2, -0.15) is 0 Å². The van der Waals surface area contributed by atoms with E-state index in [0.717, 1.165) is 12.5 Å². The van der Waals surface area contributed by atoms with Crippen molar-refractivity contribution in [2.24, 2.45) is 5.92 Å². The molecule has 2 heteroatoms. The van der Waals surface area contributed by atoms with Gasteiger partial charge in [-0.15, -0.1) is 0 Å². The van der Waals surface area contributed by atoms with Gasteiger partial charge in [-0.25, -0.2) is 0 Å². The largest absolute Gasteiger partial charge is 0.315 e. The molecule has 0 amide bonds. The van der Waals surface area contributed by atoms with Crippen LogP contribution in [0, 0.1) is 5.92 Å². The third-order valence-electron chi connectivity index (χ3n) is 3.53. The zero-order valence-corrected chi connectivity index (χ0v) is 10.9. The predicted octanol–water partition coefficient (Wildman–Crippen LogP) is 2.49. The Morgan fingerprint density at radius 2 is 1.73 bits per heavy atom. The van der Waals surface area contributed by atoms with E-state index in [0.29, 0.717) is 12.1 Å². The van der Waals surface area contributed by atoms with Crippen molar-refractivity contribution < 1.29 is 0 Å². The van der Waals surface area contributed by atoms with Crippen LogP contribution < -0.4 is 5.32 Å². The van der Waals surface area contributed by atoms with E-state index < -0.39 is 0 Å². The number of hydrogen-bond donors (Lipinski definition) is 1. The zero-order valence-electron chi connectivity index (χ0n) is 10.9. The highest BCUT2D eigenvalue weighted by Gasteiger charge is 2.17. The smallest absolute Gasteiger partial charge is 0.0112 e. The average Bonchev–Trinajstić information content (AvgIpc) is 2.06. The summed E-state index contributed by atoms with van der Waals surface area (Å²) >= 11 is 0.